The Labute approximate surface area is 314 Å². The van der Waals surface area contributed by atoms with Crippen LogP contribution in [-0.4, -0.2) is 15.9 Å². The first kappa shape index (κ1) is 41.2. The molecule has 0 spiro atoms. The molecule has 1 N–H and O–H groups in total. The van der Waals surface area contributed by atoms with Crippen molar-refractivity contribution >= 4 is 38.4 Å². The Morgan fingerprint density at radius 3 is 2.00 bits per heavy atom. The van der Waals surface area contributed by atoms with Gasteiger partial charge in [0.15, 0.2) is 5.78 Å². The van der Waals surface area contributed by atoms with E-state index in [9.17, 15) is 9.90 Å². The monoisotopic (exact) mass is 853 g/mol. The van der Waals surface area contributed by atoms with Crippen molar-refractivity contribution in [3.05, 3.63) is 89.4 Å². The number of ketones is 1. The summed E-state index contributed by atoms with van der Waals surface area (Å²) in [6.45, 7) is 25.5. The number of aryl methyl sites for hydroxylation is 1. The summed E-state index contributed by atoms with van der Waals surface area (Å²) in [5.41, 5.74) is 5.68. The molecule has 2 heterocycles. The van der Waals surface area contributed by atoms with Gasteiger partial charge < -0.3 is 9.52 Å². The third-order valence-corrected chi connectivity index (χ3v) is 10.9. The van der Waals surface area contributed by atoms with Crippen LogP contribution in [0.1, 0.15) is 119 Å². The normalized spacial score (nSPS) is 12.7. The third-order valence-electron chi connectivity index (χ3n) is 10.9. The molecular weight excluding hydrogens is 795 g/mol. The van der Waals surface area contributed by atoms with Crippen LogP contribution in [0.25, 0.3) is 43.9 Å². The Bertz CT molecular complexity index is 1970. The molecule has 5 aromatic rings. The molecular formula is C45H58IrNO3-. The zero-order valence-corrected chi connectivity index (χ0v) is 34.8. The van der Waals surface area contributed by atoms with E-state index in [-0.39, 0.29) is 47.9 Å². The van der Waals surface area contributed by atoms with Gasteiger partial charge in [0.2, 0.25) is 0 Å². The second-order valence-electron chi connectivity index (χ2n) is 15.8. The standard InChI is InChI=1S/C30H30NO.C15H28O2.Ir/c1-18(2)15-26-19(3)27-23-13-9-10-14-25(23)31-28(29(27)32-26)21-16-20-11-7-8-12-22(20)24(17-21)30(4,5)6;1-7-14(5,8-2)12(16)11-13(17)15(6,9-3)10-4;/h7-14,17-18H,15H2,1-6H3;11,16H,7-10H2,1-6H3;/q-1;;/b;12-11-;. The average molecular weight is 853 g/mol. The van der Waals surface area contributed by atoms with Crippen LogP contribution in [0, 0.1) is 29.7 Å². The van der Waals surface area contributed by atoms with Crippen molar-refractivity contribution < 1.29 is 34.4 Å². The molecule has 0 amide bonds. The van der Waals surface area contributed by atoms with E-state index in [2.05, 4.69) is 102 Å². The van der Waals surface area contributed by atoms with Gasteiger partial charge in [-0.15, -0.1) is 29.1 Å². The zero-order valence-electron chi connectivity index (χ0n) is 32.4. The minimum Gasteiger partial charge on any atom is -0.512 e. The maximum atomic E-state index is 12.2. The van der Waals surface area contributed by atoms with E-state index >= 15 is 0 Å². The molecule has 0 saturated carbocycles. The summed E-state index contributed by atoms with van der Waals surface area (Å²) >= 11 is 0. The number of pyridine rings is 1. The Morgan fingerprint density at radius 1 is 0.880 bits per heavy atom. The first-order valence-corrected chi connectivity index (χ1v) is 18.3. The predicted molar refractivity (Wildman–Crippen MR) is 208 cm³/mol. The van der Waals surface area contributed by atoms with Gasteiger partial charge in [-0.3, -0.25) is 9.78 Å². The van der Waals surface area contributed by atoms with Crippen molar-refractivity contribution in [3.63, 3.8) is 0 Å². The first-order chi connectivity index (χ1) is 23.0. The number of para-hydroxylation sites is 1. The summed E-state index contributed by atoms with van der Waals surface area (Å²) in [4.78, 5) is 17.3. The number of aliphatic hydroxyl groups excluding tert-OH is 1. The molecule has 0 aliphatic rings. The van der Waals surface area contributed by atoms with Crippen molar-refractivity contribution in [1.82, 2.24) is 4.98 Å². The van der Waals surface area contributed by atoms with Crippen molar-refractivity contribution in [1.29, 1.82) is 0 Å². The minimum absolute atomic E-state index is 0. The number of allylic oxidation sites excluding steroid dienone is 2. The second-order valence-corrected chi connectivity index (χ2v) is 15.8. The van der Waals surface area contributed by atoms with Gasteiger partial charge in [-0.05, 0) is 55.6 Å². The summed E-state index contributed by atoms with van der Waals surface area (Å²) in [6.07, 6.45) is 5.67. The molecule has 2 aromatic heterocycles. The van der Waals surface area contributed by atoms with Crippen molar-refractivity contribution in [2.75, 3.05) is 0 Å². The fraction of sp³-hybridized carbons (Fsp3) is 0.467. The molecule has 5 rings (SSSR count). The summed E-state index contributed by atoms with van der Waals surface area (Å²) in [6, 6.07) is 22.8. The van der Waals surface area contributed by atoms with E-state index in [0.29, 0.717) is 5.92 Å². The number of fused-ring (bicyclic) bond motifs is 4. The van der Waals surface area contributed by atoms with Gasteiger partial charge in [0.05, 0.1) is 5.52 Å². The minimum atomic E-state index is -0.337. The number of carbonyl (C=O) groups excluding carboxylic acids is 1. The van der Waals surface area contributed by atoms with Crippen LogP contribution in [0.3, 0.4) is 0 Å². The maximum Gasteiger partial charge on any atom is 0.164 e. The SMILES string of the molecule is CCC(C)(CC)C(=O)/C=C(\O)C(C)(CC)CC.Cc1c(CC(C)C)oc2c(-c3[c-]c4ccccc4c(C(C)(C)C)c3)nc3ccccc3c12.[Ir]. The van der Waals surface area contributed by atoms with Crippen molar-refractivity contribution in [3.8, 4) is 11.3 Å². The summed E-state index contributed by atoms with van der Waals surface area (Å²) in [5, 5.41) is 14.8. The number of furan rings is 1. The van der Waals surface area contributed by atoms with E-state index < -0.39 is 0 Å². The van der Waals surface area contributed by atoms with E-state index in [4.69, 9.17) is 9.40 Å². The topological polar surface area (TPSA) is 63.3 Å². The van der Waals surface area contributed by atoms with Crippen LogP contribution in [0.5, 0.6) is 0 Å². The number of aliphatic hydroxyl groups is 1. The number of nitrogens with zero attached hydrogens (tertiary/aromatic N) is 1. The first-order valence-electron chi connectivity index (χ1n) is 18.3. The molecule has 0 atom stereocenters. The van der Waals surface area contributed by atoms with Crippen molar-refractivity contribution in [2.45, 2.75) is 121 Å². The number of hydrogen-bond donors (Lipinski definition) is 1. The predicted octanol–water partition coefficient (Wildman–Crippen LogP) is 13.1. The van der Waals surface area contributed by atoms with Gasteiger partial charge >= 0.3 is 0 Å². The van der Waals surface area contributed by atoms with Crippen LogP contribution in [0.15, 0.2) is 70.8 Å². The summed E-state index contributed by atoms with van der Waals surface area (Å²) in [5.74, 6) is 1.87. The van der Waals surface area contributed by atoms with Gasteiger partial charge in [0, 0.05) is 59.9 Å². The molecule has 4 nitrogen and oxygen atoms in total. The van der Waals surface area contributed by atoms with Gasteiger partial charge in [-0.1, -0.05) is 124 Å². The van der Waals surface area contributed by atoms with Crippen molar-refractivity contribution in [2.24, 2.45) is 16.7 Å². The van der Waals surface area contributed by atoms with Crippen LogP contribution in [0.4, 0.5) is 0 Å². The molecule has 0 aliphatic carbocycles. The smallest absolute Gasteiger partial charge is 0.164 e. The molecule has 50 heavy (non-hydrogen) atoms. The Morgan fingerprint density at radius 2 is 1.44 bits per heavy atom. The molecule has 0 saturated heterocycles. The molecule has 0 unspecified atom stereocenters. The Balaban J connectivity index is 0.000000323. The van der Waals surface area contributed by atoms with Gasteiger partial charge in [0.1, 0.15) is 17.1 Å². The van der Waals surface area contributed by atoms with Crippen LogP contribution in [-0.2, 0) is 36.7 Å². The van der Waals surface area contributed by atoms with Crippen LogP contribution in [0.2, 0.25) is 0 Å². The average Bonchev–Trinajstić information content (AvgIpc) is 3.41. The molecule has 0 fully saturated rings. The number of aromatic nitrogens is 1. The van der Waals surface area contributed by atoms with Gasteiger partial charge in [0.25, 0.3) is 0 Å². The van der Waals surface area contributed by atoms with E-state index in [1.165, 1.54) is 28.0 Å². The Hall–Kier alpha value is -3.27. The fourth-order valence-corrected chi connectivity index (χ4v) is 6.42. The maximum absolute atomic E-state index is 12.2. The number of carbonyl (C=O) groups is 1. The van der Waals surface area contributed by atoms with E-state index in [1.54, 1.807) is 0 Å². The van der Waals surface area contributed by atoms with Crippen LogP contribution >= 0.6 is 0 Å². The fourth-order valence-electron chi connectivity index (χ4n) is 6.42. The van der Waals surface area contributed by atoms with Gasteiger partial charge in [-0.25, -0.2) is 0 Å². The number of rotatable bonds is 10. The molecule has 0 aliphatic heterocycles. The molecule has 0 bridgehead atoms. The second kappa shape index (κ2) is 16.4. The number of benzene rings is 3. The molecule has 3 aromatic carbocycles. The van der Waals surface area contributed by atoms with Gasteiger partial charge in [-0.2, -0.15) is 0 Å². The van der Waals surface area contributed by atoms with E-state index in [1.807, 2.05) is 41.5 Å². The van der Waals surface area contributed by atoms with Crippen LogP contribution < -0.4 is 0 Å². The van der Waals surface area contributed by atoms with E-state index in [0.717, 1.165) is 71.0 Å². The quantitative estimate of drug-likeness (QED) is 0.0864. The molecule has 271 valence electrons. The Kier molecular flexibility index (Phi) is 13.5. The third kappa shape index (κ3) is 8.43. The summed E-state index contributed by atoms with van der Waals surface area (Å²) < 4.78 is 6.56. The molecule has 5 heteroatoms. The zero-order chi connectivity index (χ0) is 36.3. The number of hydrogen-bond acceptors (Lipinski definition) is 4. The summed E-state index contributed by atoms with van der Waals surface area (Å²) in [7, 11) is 0. The molecule has 1 radical (unpaired) electrons. The largest absolute Gasteiger partial charge is 0.512 e.